The zero-order valence-corrected chi connectivity index (χ0v) is 9.33. The van der Waals surface area contributed by atoms with Crippen LogP contribution in [-0.2, 0) is 14.3 Å². The van der Waals surface area contributed by atoms with Crippen molar-refractivity contribution in [3.05, 3.63) is 11.1 Å². The van der Waals surface area contributed by atoms with Crippen LogP contribution in [0.4, 0.5) is 0 Å². The fourth-order valence-corrected chi connectivity index (χ4v) is 1.12. The lowest BCUT2D eigenvalue weighted by molar-refractivity contribution is -0.145. The van der Waals surface area contributed by atoms with Gasteiger partial charge in [0.2, 0.25) is 5.91 Å². The molecule has 0 radical (unpaired) electrons. The first-order chi connectivity index (χ1) is 6.51. The Morgan fingerprint density at radius 2 is 2.21 bits per heavy atom. The molecule has 0 aliphatic carbocycles. The molecule has 1 atom stereocenters. The molecule has 0 aliphatic heterocycles. The van der Waals surface area contributed by atoms with Gasteiger partial charge in [0.1, 0.15) is 12.6 Å². The van der Waals surface area contributed by atoms with Crippen molar-refractivity contribution in [3.8, 4) is 0 Å². The van der Waals surface area contributed by atoms with Gasteiger partial charge in [0, 0.05) is 6.42 Å². The van der Waals surface area contributed by atoms with E-state index >= 15 is 0 Å². The standard InChI is InChI=1S/C8H12BrNO4/c1-5(9)3-6(8(13)14-2)10-7(12)4-11/h6,11H,1,3-4H2,2H3,(H,10,12)/t6-/m1/s1. The Bertz CT molecular complexity index is 241. The summed E-state index contributed by atoms with van der Waals surface area (Å²) in [6.07, 6.45) is 0.221. The molecule has 14 heavy (non-hydrogen) atoms. The third-order valence-corrected chi connectivity index (χ3v) is 1.71. The number of carbonyl (C=O) groups is 2. The SMILES string of the molecule is C=C(Br)C[C@@H](NC(=O)CO)C(=O)OC. The van der Waals surface area contributed by atoms with Crippen LogP contribution in [0.2, 0.25) is 0 Å². The van der Waals surface area contributed by atoms with Crippen molar-refractivity contribution in [2.45, 2.75) is 12.5 Å². The molecule has 0 aromatic carbocycles. The minimum atomic E-state index is -0.813. The van der Waals surface area contributed by atoms with Crippen LogP contribution in [0.15, 0.2) is 11.1 Å². The number of amides is 1. The summed E-state index contributed by atoms with van der Waals surface area (Å²) in [5, 5.41) is 10.8. The molecule has 0 rings (SSSR count). The van der Waals surface area contributed by atoms with E-state index in [1.165, 1.54) is 7.11 Å². The highest BCUT2D eigenvalue weighted by molar-refractivity contribution is 9.11. The largest absolute Gasteiger partial charge is 0.467 e. The number of rotatable bonds is 5. The van der Waals surface area contributed by atoms with Gasteiger partial charge in [-0.1, -0.05) is 22.5 Å². The monoisotopic (exact) mass is 265 g/mol. The topological polar surface area (TPSA) is 75.6 Å². The van der Waals surface area contributed by atoms with E-state index < -0.39 is 24.5 Å². The summed E-state index contributed by atoms with van der Waals surface area (Å²) in [6.45, 7) is 2.88. The Morgan fingerprint density at radius 3 is 2.57 bits per heavy atom. The summed E-state index contributed by atoms with van der Waals surface area (Å²) in [5.74, 6) is -1.21. The van der Waals surface area contributed by atoms with Crippen molar-refractivity contribution in [3.63, 3.8) is 0 Å². The fraction of sp³-hybridized carbons (Fsp3) is 0.500. The molecule has 5 nitrogen and oxygen atoms in total. The number of carbonyl (C=O) groups excluding carboxylic acids is 2. The first-order valence-electron chi connectivity index (χ1n) is 3.82. The van der Waals surface area contributed by atoms with Crippen LogP contribution in [0.25, 0.3) is 0 Å². The Kier molecular flexibility index (Phi) is 6.14. The molecule has 0 saturated carbocycles. The van der Waals surface area contributed by atoms with Crippen molar-refractivity contribution in [1.29, 1.82) is 0 Å². The van der Waals surface area contributed by atoms with Gasteiger partial charge in [-0.2, -0.15) is 0 Å². The summed E-state index contributed by atoms with van der Waals surface area (Å²) < 4.78 is 5.02. The van der Waals surface area contributed by atoms with Gasteiger partial charge in [-0.05, 0) is 4.48 Å². The second-order valence-electron chi connectivity index (χ2n) is 2.52. The highest BCUT2D eigenvalue weighted by Crippen LogP contribution is 2.10. The molecule has 0 fully saturated rings. The fourth-order valence-electron chi connectivity index (χ4n) is 0.797. The molecule has 1 amide bonds. The number of aliphatic hydroxyl groups is 1. The number of methoxy groups -OCH3 is 1. The van der Waals surface area contributed by atoms with E-state index in [1.54, 1.807) is 0 Å². The number of aliphatic hydroxyl groups excluding tert-OH is 1. The molecule has 0 spiro atoms. The number of nitrogens with one attached hydrogen (secondary N) is 1. The van der Waals surface area contributed by atoms with E-state index in [0.717, 1.165) is 0 Å². The summed E-state index contributed by atoms with van der Waals surface area (Å²) in [5.41, 5.74) is 0. The lowest BCUT2D eigenvalue weighted by atomic mass is 10.2. The van der Waals surface area contributed by atoms with Crippen LogP contribution in [0.1, 0.15) is 6.42 Å². The number of esters is 1. The molecule has 0 aromatic rings. The van der Waals surface area contributed by atoms with Gasteiger partial charge in [0.25, 0.3) is 0 Å². The molecule has 2 N–H and O–H groups in total. The number of hydrogen-bond donors (Lipinski definition) is 2. The number of ether oxygens (including phenoxy) is 1. The minimum absolute atomic E-state index is 0.221. The maximum atomic E-state index is 11.1. The smallest absolute Gasteiger partial charge is 0.328 e. The summed E-state index contributed by atoms with van der Waals surface area (Å²) in [7, 11) is 1.22. The van der Waals surface area contributed by atoms with Crippen molar-refractivity contribution in [2.75, 3.05) is 13.7 Å². The quantitative estimate of drug-likeness (QED) is 0.683. The van der Waals surface area contributed by atoms with Gasteiger partial charge in [-0.15, -0.1) is 0 Å². The molecule has 80 valence electrons. The van der Waals surface area contributed by atoms with Crippen molar-refractivity contribution in [1.82, 2.24) is 5.32 Å². The number of halogens is 1. The van der Waals surface area contributed by atoms with E-state index in [4.69, 9.17) is 5.11 Å². The van der Waals surface area contributed by atoms with Crippen LogP contribution < -0.4 is 5.32 Å². The van der Waals surface area contributed by atoms with Gasteiger partial charge < -0.3 is 15.2 Å². The molecule has 0 unspecified atom stereocenters. The predicted molar refractivity (Wildman–Crippen MR) is 53.7 cm³/mol. The van der Waals surface area contributed by atoms with Crippen LogP contribution in [0.5, 0.6) is 0 Å². The van der Waals surface area contributed by atoms with E-state index in [-0.39, 0.29) is 6.42 Å². The summed E-state index contributed by atoms with van der Waals surface area (Å²) in [4.78, 5) is 21.9. The van der Waals surface area contributed by atoms with Crippen LogP contribution in [-0.4, -0.2) is 36.7 Å². The van der Waals surface area contributed by atoms with Gasteiger partial charge in [0.05, 0.1) is 7.11 Å². The Morgan fingerprint density at radius 1 is 1.64 bits per heavy atom. The van der Waals surface area contributed by atoms with Crippen LogP contribution >= 0.6 is 15.9 Å². The molecule has 0 bridgehead atoms. The second kappa shape index (κ2) is 6.56. The average molecular weight is 266 g/mol. The Balaban J connectivity index is 4.31. The Labute approximate surface area is 90.3 Å². The zero-order chi connectivity index (χ0) is 11.1. The van der Waals surface area contributed by atoms with Gasteiger partial charge >= 0.3 is 5.97 Å². The lowest BCUT2D eigenvalue weighted by Crippen LogP contribution is -2.42. The second-order valence-corrected chi connectivity index (χ2v) is 3.64. The third kappa shape index (κ3) is 4.98. The maximum Gasteiger partial charge on any atom is 0.328 e. The Hall–Kier alpha value is -0.880. The van der Waals surface area contributed by atoms with Crippen molar-refractivity contribution in [2.24, 2.45) is 0 Å². The molecule has 0 aliphatic rings. The molecule has 0 heterocycles. The molecular weight excluding hydrogens is 254 g/mol. The van der Waals surface area contributed by atoms with E-state index in [1.807, 2.05) is 0 Å². The maximum absolute atomic E-state index is 11.1. The van der Waals surface area contributed by atoms with Gasteiger partial charge in [-0.3, -0.25) is 4.79 Å². The van der Waals surface area contributed by atoms with Crippen molar-refractivity contribution < 1.29 is 19.4 Å². The zero-order valence-electron chi connectivity index (χ0n) is 7.75. The van der Waals surface area contributed by atoms with Gasteiger partial charge in [-0.25, -0.2) is 4.79 Å². The highest BCUT2D eigenvalue weighted by atomic mass is 79.9. The third-order valence-electron chi connectivity index (χ3n) is 1.39. The van der Waals surface area contributed by atoms with E-state index in [0.29, 0.717) is 4.48 Å². The first kappa shape index (κ1) is 13.1. The minimum Gasteiger partial charge on any atom is -0.467 e. The van der Waals surface area contributed by atoms with E-state index in [2.05, 4.69) is 32.6 Å². The van der Waals surface area contributed by atoms with Gasteiger partial charge in [0.15, 0.2) is 0 Å². The normalized spacial score (nSPS) is 11.6. The summed E-state index contributed by atoms with van der Waals surface area (Å²) in [6, 6.07) is -0.813. The molecule has 0 saturated heterocycles. The number of hydrogen-bond acceptors (Lipinski definition) is 4. The average Bonchev–Trinajstić information content (AvgIpc) is 2.14. The molecule has 0 aromatic heterocycles. The van der Waals surface area contributed by atoms with Crippen molar-refractivity contribution >= 4 is 27.8 Å². The first-order valence-corrected chi connectivity index (χ1v) is 4.62. The van der Waals surface area contributed by atoms with Crippen LogP contribution in [0, 0.1) is 0 Å². The highest BCUT2D eigenvalue weighted by Gasteiger charge is 2.21. The van der Waals surface area contributed by atoms with Crippen LogP contribution in [0.3, 0.4) is 0 Å². The summed E-state index contributed by atoms with van der Waals surface area (Å²) >= 11 is 3.07. The lowest BCUT2D eigenvalue weighted by Gasteiger charge is -2.14. The predicted octanol–water partition coefficient (Wildman–Crippen LogP) is -0.0648. The van der Waals surface area contributed by atoms with E-state index in [9.17, 15) is 9.59 Å². The molecule has 6 heteroatoms. The molecular formula is C8H12BrNO4.